The molecule has 0 heterocycles. The topological polar surface area (TPSA) is 33.3 Å². The van der Waals surface area contributed by atoms with Gasteiger partial charge in [-0.15, -0.1) is 0 Å². The fourth-order valence-electron chi connectivity index (χ4n) is 1.46. The van der Waals surface area contributed by atoms with Gasteiger partial charge >= 0.3 is 0 Å². The summed E-state index contributed by atoms with van der Waals surface area (Å²) in [5, 5.41) is 7.18. The molecule has 17 heavy (non-hydrogen) atoms. The van der Waals surface area contributed by atoms with Crippen molar-refractivity contribution < 1.29 is 4.74 Å². The molecule has 2 N–H and O–H groups in total. The van der Waals surface area contributed by atoms with Crippen LogP contribution in [0.15, 0.2) is 0 Å². The third kappa shape index (κ3) is 13.6. The first-order valence-electron chi connectivity index (χ1n) is 6.76. The highest BCUT2D eigenvalue weighted by atomic mass is 32.1. The zero-order valence-corrected chi connectivity index (χ0v) is 12.4. The summed E-state index contributed by atoms with van der Waals surface area (Å²) < 4.78 is 5.25. The van der Waals surface area contributed by atoms with Gasteiger partial charge in [0.2, 0.25) is 0 Å². The van der Waals surface area contributed by atoms with Crippen LogP contribution in [0.2, 0.25) is 0 Å². The minimum atomic E-state index is 0.769. The summed E-state index contributed by atoms with van der Waals surface area (Å²) in [6, 6.07) is 0. The van der Waals surface area contributed by atoms with E-state index in [1.54, 1.807) is 0 Å². The van der Waals surface area contributed by atoms with Crippen LogP contribution < -0.4 is 10.6 Å². The molecule has 4 heteroatoms. The molecule has 0 fully saturated rings. The lowest BCUT2D eigenvalue weighted by atomic mass is 10.1. The van der Waals surface area contributed by atoms with E-state index in [-0.39, 0.29) is 0 Å². The van der Waals surface area contributed by atoms with Gasteiger partial charge in [-0.1, -0.05) is 26.7 Å². The number of nitrogens with one attached hydrogen (secondary N) is 2. The van der Waals surface area contributed by atoms with Gasteiger partial charge in [0.25, 0.3) is 0 Å². The molecule has 0 bridgehead atoms. The Morgan fingerprint density at radius 3 is 2.35 bits per heavy atom. The van der Waals surface area contributed by atoms with E-state index in [0.717, 1.165) is 43.8 Å². The molecule has 0 amide bonds. The zero-order valence-electron chi connectivity index (χ0n) is 11.6. The van der Waals surface area contributed by atoms with Crippen molar-refractivity contribution in [1.82, 2.24) is 10.6 Å². The number of unbranched alkanes of at least 4 members (excludes halogenated alkanes) is 1. The number of thiocarbonyl (C=S) groups is 1. The van der Waals surface area contributed by atoms with Crippen molar-refractivity contribution in [3.8, 4) is 0 Å². The Bertz CT molecular complexity index is 186. The molecular formula is C13H28N2OS. The zero-order chi connectivity index (χ0) is 12.9. The second kappa shape index (κ2) is 12.1. The van der Waals surface area contributed by atoms with Crippen LogP contribution in [0, 0.1) is 5.92 Å². The Balaban J connectivity index is 3.18. The quantitative estimate of drug-likeness (QED) is 0.467. The molecule has 0 aliphatic carbocycles. The molecule has 0 aliphatic heterocycles. The van der Waals surface area contributed by atoms with Gasteiger partial charge in [0.15, 0.2) is 5.11 Å². The third-order valence-electron chi connectivity index (χ3n) is 2.45. The molecular weight excluding hydrogens is 232 g/mol. The van der Waals surface area contributed by atoms with Gasteiger partial charge in [-0.2, -0.15) is 0 Å². The van der Waals surface area contributed by atoms with Crippen LogP contribution in [0.1, 0.15) is 46.5 Å². The van der Waals surface area contributed by atoms with Crippen LogP contribution in [0.5, 0.6) is 0 Å². The highest BCUT2D eigenvalue weighted by Gasteiger charge is 1.96. The molecule has 0 unspecified atom stereocenters. The molecule has 3 nitrogen and oxygen atoms in total. The Morgan fingerprint density at radius 1 is 1.12 bits per heavy atom. The minimum absolute atomic E-state index is 0.769. The van der Waals surface area contributed by atoms with Crippen LogP contribution in [0.4, 0.5) is 0 Å². The minimum Gasteiger partial charge on any atom is -0.382 e. The fraction of sp³-hybridized carbons (Fsp3) is 0.923. The maximum Gasteiger partial charge on any atom is 0.166 e. The first-order valence-corrected chi connectivity index (χ1v) is 7.17. The van der Waals surface area contributed by atoms with E-state index in [9.17, 15) is 0 Å². The van der Waals surface area contributed by atoms with Gasteiger partial charge in [-0.05, 0) is 37.9 Å². The van der Waals surface area contributed by atoms with Crippen molar-refractivity contribution in [3.63, 3.8) is 0 Å². The molecule has 0 aromatic heterocycles. The second-order valence-corrected chi connectivity index (χ2v) is 5.03. The van der Waals surface area contributed by atoms with Crippen molar-refractivity contribution in [3.05, 3.63) is 0 Å². The Kier molecular flexibility index (Phi) is 11.9. The summed E-state index contributed by atoms with van der Waals surface area (Å²) >= 11 is 5.17. The van der Waals surface area contributed by atoms with E-state index in [0.29, 0.717) is 0 Å². The third-order valence-corrected chi connectivity index (χ3v) is 2.74. The van der Waals surface area contributed by atoms with Crippen molar-refractivity contribution in [1.29, 1.82) is 0 Å². The van der Waals surface area contributed by atoms with Gasteiger partial charge in [-0.3, -0.25) is 0 Å². The largest absolute Gasteiger partial charge is 0.382 e. The highest BCUT2D eigenvalue weighted by molar-refractivity contribution is 7.80. The fourth-order valence-corrected chi connectivity index (χ4v) is 1.67. The van der Waals surface area contributed by atoms with Gasteiger partial charge in [-0.25, -0.2) is 0 Å². The van der Waals surface area contributed by atoms with E-state index >= 15 is 0 Å². The molecule has 0 saturated carbocycles. The van der Waals surface area contributed by atoms with Crippen molar-refractivity contribution in [2.24, 2.45) is 5.92 Å². The summed E-state index contributed by atoms with van der Waals surface area (Å²) in [6.07, 6.45) is 4.77. The SMILES string of the molecule is CCOCCCNC(=S)NCCCCC(C)C. The van der Waals surface area contributed by atoms with Gasteiger partial charge in [0.05, 0.1) is 0 Å². The van der Waals surface area contributed by atoms with Crippen LogP contribution in [0.25, 0.3) is 0 Å². The predicted molar refractivity (Wildman–Crippen MR) is 78.4 cm³/mol. The predicted octanol–water partition coefficient (Wildman–Crippen LogP) is 2.70. The Labute approximate surface area is 112 Å². The van der Waals surface area contributed by atoms with E-state index in [4.69, 9.17) is 17.0 Å². The summed E-state index contributed by atoms with van der Waals surface area (Å²) in [4.78, 5) is 0. The van der Waals surface area contributed by atoms with E-state index in [2.05, 4.69) is 24.5 Å². The van der Waals surface area contributed by atoms with E-state index < -0.39 is 0 Å². The first-order chi connectivity index (χ1) is 8.16. The maximum atomic E-state index is 5.25. The average molecular weight is 260 g/mol. The number of hydrogen-bond acceptors (Lipinski definition) is 2. The van der Waals surface area contributed by atoms with Crippen molar-refractivity contribution in [2.75, 3.05) is 26.3 Å². The van der Waals surface area contributed by atoms with Gasteiger partial charge in [0, 0.05) is 26.3 Å². The van der Waals surface area contributed by atoms with E-state index in [1.807, 2.05) is 6.92 Å². The molecule has 0 saturated heterocycles. The summed E-state index contributed by atoms with van der Waals surface area (Å²) in [5.74, 6) is 0.804. The Hall–Kier alpha value is -0.350. The molecule has 0 radical (unpaired) electrons. The number of hydrogen-bond donors (Lipinski definition) is 2. The maximum absolute atomic E-state index is 5.25. The van der Waals surface area contributed by atoms with Crippen molar-refractivity contribution in [2.45, 2.75) is 46.5 Å². The molecule has 0 spiro atoms. The normalized spacial score (nSPS) is 10.6. The monoisotopic (exact) mass is 260 g/mol. The lowest BCUT2D eigenvalue weighted by molar-refractivity contribution is 0.145. The Morgan fingerprint density at radius 2 is 1.76 bits per heavy atom. The van der Waals surface area contributed by atoms with Crippen LogP contribution in [-0.4, -0.2) is 31.4 Å². The average Bonchev–Trinajstić information content (AvgIpc) is 2.28. The van der Waals surface area contributed by atoms with Crippen LogP contribution in [0.3, 0.4) is 0 Å². The number of rotatable bonds is 10. The van der Waals surface area contributed by atoms with Crippen molar-refractivity contribution >= 4 is 17.3 Å². The molecule has 0 aromatic rings. The lowest BCUT2D eigenvalue weighted by Gasteiger charge is -2.10. The van der Waals surface area contributed by atoms with Gasteiger partial charge < -0.3 is 15.4 Å². The number of ether oxygens (including phenoxy) is 1. The molecule has 0 rings (SSSR count). The summed E-state index contributed by atoms with van der Waals surface area (Å²) in [7, 11) is 0. The summed E-state index contributed by atoms with van der Waals surface area (Å²) in [6.45, 7) is 9.99. The molecule has 0 atom stereocenters. The smallest absolute Gasteiger partial charge is 0.166 e. The van der Waals surface area contributed by atoms with Crippen LogP contribution >= 0.6 is 12.2 Å². The first kappa shape index (κ1) is 16.6. The van der Waals surface area contributed by atoms with Crippen LogP contribution in [-0.2, 0) is 4.74 Å². The molecule has 102 valence electrons. The summed E-state index contributed by atoms with van der Waals surface area (Å²) in [5.41, 5.74) is 0. The highest BCUT2D eigenvalue weighted by Crippen LogP contribution is 2.04. The lowest BCUT2D eigenvalue weighted by Crippen LogP contribution is -2.36. The molecule has 0 aromatic carbocycles. The van der Waals surface area contributed by atoms with Gasteiger partial charge in [0.1, 0.15) is 0 Å². The second-order valence-electron chi connectivity index (χ2n) is 4.62. The van der Waals surface area contributed by atoms with E-state index in [1.165, 1.54) is 19.3 Å². The standard InChI is InChI=1S/C13H28N2OS/c1-4-16-11-7-10-15-13(17)14-9-6-5-8-12(2)3/h12H,4-11H2,1-3H3,(H2,14,15,17). The molecule has 0 aliphatic rings.